The Morgan fingerprint density at radius 2 is 2.15 bits per heavy atom. The summed E-state index contributed by atoms with van der Waals surface area (Å²) in [7, 11) is 0. The highest BCUT2D eigenvalue weighted by Gasteiger charge is 2.36. The molecule has 7 nitrogen and oxygen atoms in total. The van der Waals surface area contributed by atoms with E-state index in [0.29, 0.717) is 6.20 Å². The molecule has 1 heterocycles. The summed E-state index contributed by atoms with van der Waals surface area (Å²) in [5.41, 5.74) is -0.681. The number of carbonyl (C=O) groups is 1. The fourth-order valence-electron chi connectivity index (χ4n) is 1.18. The maximum Gasteiger partial charge on any atom is 0.573 e. The lowest BCUT2D eigenvalue weighted by Crippen LogP contribution is -2.20. The Hall–Kier alpha value is -1.66. The zero-order chi connectivity index (χ0) is 15.5. The van der Waals surface area contributed by atoms with Gasteiger partial charge in [-0.3, -0.25) is 0 Å². The molecule has 0 aliphatic heterocycles. The fourth-order valence-corrected chi connectivity index (χ4v) is 1.89. The number of halogens is 4. The second kappa shape index (κ2) is 6.19. The maximum absolute atomic E-state index is 12.2. The largest absolute Gasteiger partial charge is 0.573 e. The average Bonchev–Trinajstić information content (AvgIpc) is 2.29. The molecule has 0 aromatic carbocycles. The van der Waals surface area contributed by atoms with E-state index >= 15 is 0 Å². The highest BCUT2D eigenvalue weighted by atomic mass is 127. The van der Waals surface area contributed by atoms with Crippen LogP contribution in [0.1, 0.15) is 17.3 Å². The van der Waals surface area contributed by atoms with Crippen LogP contribution in [-0.2, 0) is 4.74 Å². The predicted molar refractivity (Wildman–Crippen MR) is 66.2 cm³/mol. The molecule has 110 valence electrons. The minimum atomic E-state index is -5.01. The van der Waals surface area contributed by atoms with E-state index in [2.05, 4.69) is 14.5 Å². The second-order valence-corrected chi connectivity index (χ2v) is 4.24. The highest BCUT2D eigenvalue weighted by molar-refractivity contribution is 14.1. The van der Waals surface area contributed by atoms with Crippen LogP contribution in [0, 0.1) is 13.7 Å². The molecule has 1 rings (SSSR count). The zero-order valence-corrected chi connectivity index (χ0v) is 11.9. The van der Waals surface area contributed by atoms with E-state index < -0.39 is 38.0 Å². The van der Waals surface area contributed by atoms with E-state index in [1.165, 1.54) is 29.5 Å². The topological polar surface area (TPSA) is 91.6 Å². The number of hydrogen-bond acceptors (Lipinski definition) is 6. The Kier molecular flexibility index (Phi) is 5.08. The van der Waals surface area contributed by atoms with Crippen molar-refractivity contribution in [3.8, 4) is 5.75 Å². The van der Waals surface area contributed by atoms with E-state index in [9.17, 15) is 28.1 Å². The lowest BCUT2D eigenvalue weighted by molar-refractivity contribution is -0.390. The van der Waals surface area contributed by atoms with Crippen molar-refractivity contribution in [1.29, 1.82) is 0 Å². The SMILES string of the molecule is CCOC(=O)c1c([N+](=O)[O-])ncc(OC(F)(F)F)c1I. The number of alkyl halides is 3. The fraction of sp³-hybridized carbons (Fsp3) is 0.333. The van der Waals surface area contributed by atoms with Crippen LogP contribution in [0.15, 0.2) is 6.20 Å². The Morgan fingerprint density at radius 1 is 1.55 bits per heavy atom. The van der Waals surface area contributed by atoms with Crippen LogP contribution in [0.25, 0.3) is 0 Å². The van der Waals surface area contributed by atoms with Crippen LogP contribution in [0.5, 0.6) is 5.75 Å². The van der Waals surface area contributed by atoms with E-state index in [4.69, 9.17) is 0 Å². The lowest BCUT2D eigenvalue weighted by atomic mass is 10.2. The smallest absolute Gasteiger partial charge is 0.462 e. The maximum atomic E-state index is 12.2. The molecule has 0 radical (unpaired) electrons. The van der Waals surface area contributed by atoms with E-state index in [-0.39, 0.29) is 6.61 Å². The minimum absolute atomic E-state index is 0.101. The van der Waals surface area contributed by atoms with E-state index in [1.54, 1.807) is 0 Å². The highest BCUT2D eigenvalue weighted by Crippen LogP contribution is 2.33. The Bertz CT molecular complexity index is 549. The molecule has 20 heavy (non-hydrogen) atoms. The molecular weight excluding hydrogens is 400 g/mol. The number of nitrogens with zero attached hydrogens (tertiary/aromatic N) is 2. The number of carbonyl (C=O) groups excluding carboxylic acids is 1. The molecular formula is C9H6F3IN2O5. The molecule has 11 heteroatoms. The minimum Gasteiger partial charge on any atom is -0.462 e. The number of esters is 1. The first-order valence-electron chi connectivity index (χ1n) is 4.93. The van der Waals surface area contributed by atoms with Gasteiger partial charge in [0.25, 0.3) is 0 Å². The Labute approximate surface area is 123 Å². The lowest BCUT2D eigenvalue weighted by Gasteiger charge is -2.11. The van der Waals surface area contributed by atoms with Crippen molar-refractivity contribution >= 4 is 34.4 Å². The summed E-state index contributed by atoms with van der Waals surface area (Å²) in [5.74, 6) is -2.86. The summed E-state index contributed by atoms with van der Waals surface area (Å²) >= 11 is 1.32. The predicted octanol–water partition coefficient (Wildman–Crippen LogP) is 2.67. The molecule has 0 saturated heterocycles. The molecule has 0 saturated carbocycles. The summed E-state index contributed by atoms with van der Waals surface area (Å²) in [6.07, 6.45) is -4.49. The van der Waals surface area contributed by atoms with Gasteiger partial charge in [0.2, 0.25) is 0 Å². The number of hydrogen-bond donors (Lipinski definition) is 0. The van der Waals surface area contributed by atoms with Gasteiger partial charge in [-0.2, -0.15) is 0 Å². The van der Waals surface area contributed by atoms with Gasteiger partial charge in [0.1, 0.15) is 0 Å². The summed E-state index contributed by atoms with van der Waals surface area (Å²) < 4.78 is 44.3. The van der Waals surface area contributed by atoms with Crippen LogP contribution < -0.4 is 4.74 Å². The Balaban J connectivity index is 3.38. The summed E-state index contributed by atoms with van der Waals surface area (Å²) in [6.45, 7) is 1.34. The first kappa shape index (κ1) is 16.4. The summed E-state index contributed by atoms with van der Waals surface area (Å²) in [4.78, 5) is 24.6. The molecule has 0 spiro atoms. The van der Waals surface area contributed by atoms with Gasteiger partial charge in [-0.05, 0) is 39.4 Å². The number of pyridine rings is 1. The van der Waals surface area contributed by atoms with Crippen molar-refractivity contribution in [2.45, 2.75) is 13.3 Å². The van der Waals surface area contributed by atoms with Gasteiger partial charge in [0.15, 0.2) is 17.5 Å². The molecule has 0 fully saturated rings. The van der Waals surface area contributed by atoms with Gasteiger partial charge in [-0.15, -0.1) is 13.2 Å². The van der Waals surface area contributed by atoms with Crippen molar-refractivity contribution in [2.75, 3.05) is 6.61 Å². The van der Waals surface area contributed by atoms with Crippen molar-refractivity contribution in [3.05, 3.63) is 25.4 Å². The molecule has 0 atom stereocenters. The van der Waals surface area contributed by atoms with Crippen molar-refractivity contribution < 1.29 is 32.4 Å². The molecule has 0 N–H and O–H groups in total. The number of aromatic nitrogens is 1. The van der Waals surface area contributed by atoms with Crippen molar-refractivity contribution in [2.24, 2.45) is 0 Å². The molecule has 0 amide bonds. The van der Waals surface area contributed by atoms with Gasteiger partial charge in [0, 0.05) is 0 Å². The van der Waals surface area contributed by atoms with E-state index in [1.807, 2.05) is 0 Å². The summed E-state index contributed by atoms with van der Waals surface area (Å²) in [5, 5.41) is 10.7. The molecule has 1 aromatic heterocycles. The third-order valence-electron chi connectivity index (χ3n) is 1.84. The van der Waals surface area contributed by atoms with Gasteiger partial charge >= 0.3 is 18.1 Å². The monoisotopic (exact) mass is 406 g/mol. The quantitative estimate of drug-likeness (QED) is 0.331. The van der Waals surface area contributed by atoms with Gasteiger partial charge in [-0.25, -0.2) is 4.79 Å². The first-order chi connectivity index (χ1) is 9.17. The normalized spacial score (nSPS) is 11.1. The van der Waals surface area contributed by atoms with Gasteiger partial charge < -0.3 is 19.6 Å². The van der Waals surface area contributed by atoms with Crippen LogP contribution in [0.2, 0.25) is 0 Å². The van der Waals surface area contributed by atoms with Crippen molar-refractivity contribution in [3.63, 3.8) is 0 Å². The van der Waals surface area contributed by atoms with Crippen LogP contribution >= 0.6 is 22.6 Å². The second-order valence-electron chi connectivity index (χ2n) is 3.16. The van der Waals surface area contributed by atoms with Gasteiger partial charge in [-0.1, -0.05) is 0 Å². The third-order valence-corrected chi connectivity index (χ3v) is 2.91. The van der Waals surface area contributed by atoms with Crippen LogP contribution in [0.4, 0.5) is 19.0 Å². The molecule has 0 bridgehead atoms. The Morgan fingerprint density at radius 3 is 2.60 bits per heavy atom. The summed E-state index contributed by atoms with van der Waals surface area (Å²) in [6, 6.07) is 0. The third kappa shape index (κ3) is 3.91. The average molecular weight is 406 g/mol. The van der Waals surface area contributed by atoms with E-state index in [0.717, 1.165) is 0 Å². The van der Waals surface area contributed by atoms with Crippen LogP contribution in [-0.4, -0.2) is 28.8 Å². The molecule has 0 unspecified atom stereocenters. The molecule has 1 aromatic rings. The standard InChI is InChI=1S/C9H6F3IN2O5/c1-2-19-8(16)5-6(13)4(20-9(10,11)12)3-14-7(5)15(17)18/h3H,2H2,1H3. The molecule has 0 aliphatic rings. The van der Waals surface area contributed by atoms with Crippen molar-refractivity contribution in [1.82, 2.24) is 4.98 Å². The molecule has 0 aliphatic carbocycles. The number of ether oxygens (including phenoxy) is 2. The van der Waals surface area contributed by atoms with Gasteiger partial charge in [0.05, 0.1) is 10.2 Å². The first-order valence-corrected chi connectivity index (χ1v) is 6.01. The zero-order valence-electron chi connectivity index (χ0n) is 9.73. The number of rotatable bonds is 4. The van der Waals surface area contributed by atoms with Crippen LogP contribution in [0.3, 0.4) is 0 Å². The number of nitro groups is 1.